The second-order valence-electron chi connectivity index (χ2n) is 5.24. The van der Waals surface area contributed by atoms with Crippen LogP contribution in [-0.4, -0.2) is 35.8 Å². The van der Waals surface area contributed by atoms with Crippen LogP contribution in [0.25, 0.3) is 0 Å². The fourth-order valence-electron chi connectivity index (χ4n) is 2.23. The first-order valence-electron chi connectivity index (χ1n) is 7.43. The third kappa shape index (κ3) is 5.02. The van der Waals surface area contributed by atoms with E-state index < -0.39 is 19.1 Å². The van der Waals surface area contributed by atoms with E-state index in [2.05, 4.69) is 15.7 Å². The topological polar surface area (TPSA) is 68.2 Å². The van der Waals surface area contributed by atoms with Crippen LogP contribution in [0.5, 0.6) is 5.75 Å². The molecule has 8 heteroatoms. The molecule has 2 N–H and O–H groups in total. The second kappa shape index (κ2) is 8.39. The van der Waals surface area contributed by atoms with Crippen molar-refractivity contribution in [2.45, 2.75) is 19.0 Å². The number of alkyl halides is 2. The summed E-state index contributed by atoms with van der Waals surface area (Å²) in [5.41, 5.74) is 1.52. The number of benzene rings is 1. The van der Waals surface area contributed by atoms with Gasteiger partial charge in [0.1, 0.15) is 18.4 Å². The lowest BCUT2D eigenvalue weighted by Crippen LogP contribution is -2.35. The molecular weight excluding hydrogens is 318 g/mol. The first kappa shape index (κ1) is 17.9. The summed E-state index contributed by atoms with van der Waals surface area (Å²) in [5.74, 6) is 0.142. The molecule has 1 unspecified atom stereocenters. The molecule has 0 aliphatic carbocycles. The Balaban J connectivity index is 1.94. The summed E-state index contributed by atoms with van der Waals surface area (Å²) >= 11 is 0. The van der Waals surface area contributed by atoms with E-state index in [4.69, 9.17) is 4.74 Å². The van der Waals surface area contributed by atoms with E-state index in [1.54, 1.807) is 55.4 Å². The van der Waals surface area contributed by atoms with Gasteiger partial charge in [-0.2, -0.15) is 5.10 Å². The molecule has 0 aliphatic heterocycles. The predicted octanol–water partition coefficient (Wildman–Crippen LogP) is 1.64. The van der Waals surface area contributed by atoms with Crippen molar-refractivity contribution < 1.29 is 18.3 Å². The third-order valence-corrected chi connectivity index (χ3v) is 3.35. The summed E-state index contributed by atoms with van der Waals surface area (Å²) in [5, 5.41) is 9.80. The molecule has 2 aromatic rings. The molecule has 130 valence electrons. The zero-order valence-electron chi connectivity index (χ0n) is 13.5. The van der Waals surface area contributed by atoms with Crippen molar-refractivity contribution in [3.63, 3.8) is 0 Å². The number of rotatable bonds is 8. The molecule has 0 spiro atoms. The van der Waals surface area contributed by atoms with E-state index in [0.717, 1.165) is 11.1 Å². The number of ether oxygens (including phenoxy) is 1. The molecule has 0 aliphatic rings. The predicted molar refractivity (Wildman–Crippen MR) is 84.8 cm³/mol. The summed E-state index contributed by atoms with van der Waals surface area (Å²) < 4.78 is 30.9. The number of nitrogens with one attached hydrogen (secondary N) is 2. The SMILES string of the molecule is CNC(C(=O)NCc1cccc(OCC(F)F)c1)c1cnn(C)c1. The quantitative estimate of drug-likeness (QED) is 0.768. The van der Waals surface area contributed by atoms with E-state index in [-0.39, 0.29) is 12.5 Å². The smallest absolute Gasteiger partial charge is 0.272 e. The van der Waals surface area contributed by atoms with Crippen LogP contribution >= 0.6 is 0 Å². The Kier molecular flexibility index (Phi) is 6.25. The molecule has 0 fully saturated rings. The average molecular weight is 338 g/mol. The van der Waals surface area contributed by atoms with Gasteiger partial charge in [0, 0.05) is 25.4 Å². The van der Waals surface area contributed by atoms with Gasteiger partial charge in [-0.15, -0.1) is 0 Å². The van der Waals surface area contributed by atoms with Crippen LogP contribution in [-0.2, 0) is 18.4 Å². The Morgan fingerprint density at radius 1 is 1.42 bits per heavy atom. The highest BCUT2D eigenvalue weighted by Gasteiger charge is 2.19. The van der Waals surface area contributed by atoms with Gasteiger partial charge in [0.2, 0.25) is 5.91 Å². The van der Waals surface area contributed by atoms with Gasteiger partial charge in [0.15, 0.2) is 0 Å². The average Bonchev–Trinajstić information content (AvgIpc) is 2.98. The van der Waals surface area contributed by atoms with Crippen molar-refractivity contribution in [1.29, 1.82) is 0 Å². The molecule has 0 radical (unpaired) electrons. The summed E-state index contributed by atoms with van der Waals surface area (Å²) in [4.78, 5) is 12.3. The molecule has 24 heavy (non-hydrogen) atoms. The lowest BCUT2D eigenvalue weighted by molar-refractivity contribution is -0.123. The monoisotopic (exact) mass is 338 g/mol. The van der Waals surface area contributed by atoms with Gasteiger partial charge < -0.3 is 15.4 Å². The van der Waals surface area contributed by atoms with Crippen molar-refractivity contribution >= 4 is 5.91 Å². The number of halogens is 2. The maximum Gasteiger partial charge on any atom is 0.272 e. The largest absolute Gasteiger partial charge is 0.488 e. The second-order valence-corrected chi connectivity index (χ2v) is 5.24. The molecule has 0 bridgehead atoms. The molecule has 1 atom stereocenters. The van der Waals surface area contributed by atoms with E-state index in [9.17, 15) is 13.6 Å². The van der Waals surface area contributed by atoms with Crippen molar-refractivity contribution in [2.75, 3.05) is 13.7 Å². The van der Waals surface area contributed by atoms with Gasteiger partial charge in [0.25, 0.3) is 6.43 Å². The number of carbonyl (C=O) groups excluding carboxylic acids is 1. The Labute approximate surface area is 138 Å². The van der Waals surface area contributed by atoms with Crippen LogP contribution < -0.4 is 15.4 Å². The van der Waals surface area contributed by atoms with E-state index in [1.807, 2.05) is 0 Å². The van der Waals surface area contributed by atoms with Crippen molar-refractivity contribution in [2.24, 2.45) is 7.05 Å². The number of aryl methyl sites for hydroxylation is 1. The maximum atomic E-state index is 12.3. The summed E-state index contributed by atoms with van der Waals surface area (Å²) in [6, 6.07) is 6.19. The molecule has 1 heterocycles. The molecule has 0 saturated heterocycles. The molecule has 6 nitrogen and oxygen atoms in total. The highest BCUT2D eigenvalue weighted by molar-refractivity contribution is 5.83. The van der Waals surface area contributed by atoms with Gasteiger partial charge in [-0.25, -0.2) is 8.78 Å². The molecule has 1 amide bonds. The zero-order valence-corrected chi connectivity index (χ0v) is 13.5. The molecular formula is C16H20F2N4O2. The highest BCUT2D eigenvalue weighted by Crippen LogP contribution is 2.15. The normalized spacial score (nSPS) is 12.2. The van der Waals surface area contributed by atoms with Gasteiger partial charge in [-0.1, -0.05) is 12.1 Å². The Morgan fingerprint density at radius 3 is 2.83 bits per heavy atom. The third-order valence-electron chi connectivity index (χ3n) is 3.35. The van der Waals surface area contributed by atoms with E-state index in [0.29, 0.717) is 5.75 Å². The van der Waals surface area contributed by atoms with Crippen LogP contribution in [0.4, 0.5) is 8.78 Å². The van der Waals surface area contributed by atoms with Crippen LogP contribution in [0.3, 0.4) is 0 Å². The zero-order chi connectivity index (χ0) is 17.5. The lowest BCUT2D eigenvalue weighted by Gasteiger charge is -2.15. The highest BCUT2D eigenvalue weighted by atomic mass is 19.3. The van der Waals surface area contributed by atoms with Gasteiger partial charge >= 0.3 is 0 Å². The molecule has 1 aromatic heterocycles. The van der Waals surface area contributed by atoms with E-state index in [1.165, 1.54) is 0 Å². The minimum atomic E-state index is -2.52. The minimum Gasteiger partial charge on any atom is -0.488 e. The van der Waals surface area contributed by atoms with Crippen LogP contribution in [0.15, 0.2) is 36.7 Å². The fraction of sp³-hybridized carbons (Fsp3) is 0.375. The van der Waals surface area contributed by atoms with Crippen LogP contribution in [0, 0.1) is 0 Å². The Hall–Kier alpha value is -2.48. The van der Waals surface area contributed by atoms with Crippen molar-refractivity contribution in [1.82, 2.24) is 20.4 Å². The summed E-state index contributed by atoms with van der Waals surface area (Å²) in [6.45, 7) is -0.387. The van der Waals surface area contributed by atoms with Gasteiger partial charge in [0.05, 0.1) is 6.20 Å². The van der Waals surface area contributed by atoms with Gasteiger partial charge in [-0.05, 0) is 24.7 Å². The van der Waals surface area contributed by atoms with Crippen LogP contribution in [0.1, 0.15) is 17.2 Å². The number of carbonyl (C=O) groups is 1. The first-order chi connectivity index (χ1) is 11.5. The fourth-order valence-corrected chi connectivity index (χ4v) is 2.23. The lowest BCUT2D eigenvalue weighted by atomic mass is 10.1. The van der Waals surface area contributed by atoms with Crippen LogP contribution in [0.2, 0.25) is 0 Å². The number of amides is 1. The molecule has 2 rings (SSSR count). The summed E-state index contributed by atoms with van der Waals surface area (Å²) in [6.07, 6.45) is 0.864. The number of hydrogen-bond acceptors (Lipinski definition) is 4. The Morgan fingerprint density at radius 2 is 2.21 bits per heavy atom. The van der Waals surface area contributed by atoms with Crippen molar-refractivity contribution in [3.8, 4) is 5.75 Å². The number of nitrogens with zero attached hydrogens (tertiary/aromatic N) is 2. The maximum absolute atomic E-state index is 12.3. The Bertz CT molecular complexity index is 676. The van der Waals surface area contributed by atoms with Crippen molar-refractivity contribution in [3.05, 3.63) is 47.8 Å². The number of likely N-dealkylation sites (N-methyl/N-ethyl adjacent to an activating group) is 1. The standard InChI is InChI=1S/C16H20F2N4O2/c1-19-15(12-8-21-22(2)9-12)16(23)20-7-11-4-3-5-13(6-11)24-10-14(17)18/h3-6,8-9,14-15,19H,7,10H2,1-2H3,(H,20,23). The first-order valence-corrected chi connectivity index (χ1v) is 7.43. The summed E-state index contributed by atoms with van der Waals surface area (Å²) in [7, 11) is 3.47. The number of aromatic nitrogens is 2. The number of hydrogen-bond donors (Lipinski definition) is 2. The van der Waals surface area contributed by atoms with E-state index >= 15 is 0 Å². The molecule has 1 aromatic carbocycles. The molecule has 0 saturated carbocycles. The minimum absolute atomic E-state index is 0.204. The van der Waals surface area contributed by atoms with Gasteiger partial charge in [-0.3, -0.25) is 9.48 Å².